The molecule has 0 heterocycles. The van der Waals surface area contributed by atoms with E-state index in [1.165, 1.54) is 11.3 Å². The first-order valence-electron chi connectivity index (χ1n) is 6.58. The fraction of sp³-hybridized carbons (Fsp3) is 0.571. The molecule has 5 heteroatoms. The molecule has 1 aromatic carbocycles. The highest BCUT2D eigenvalue weighted by atomic mass is 32.2. The molecule has 19 heavy (non-hydrogen) atoms. The molecule has 0 fully saturated rings. The second kappa shape index (κ2) is 6.80. The van der Waals surface area contributed by atoms with Crippen LogP contribution in [-0.2, 0) is 9.84 Å². The van der Waals surface area contributed by atoms with E-state index < -0.39 is 9.84 Å². The summed E-state index contributed by atoms with van der Waals surface area (Å²) in [7, 11) is 1.18. The molecule has 0 bridgehead atoms. The fourth-order valence-electron chi connectivity index (χ4n) is 1.87. The minimum absolute atomic E-state index is 0.225. The molecule has 0 amide bonds. The Bertz CT molecular complexity index is 510. The van der Waals surface area contributed by atoms with Crippen molar-refractivity contribution in [3.63, 3.8) is 0 Å². The largest absolute Gasteiger partial charge is 0.385 e. The van der Waals surface area contributed by atoms with Crippen molar-refractivity contribution in [1.29, 1.82) is 0 Å². The van der Waals surface area contributed by atoms with Crippen LogP contribution < -0.4 is 10.2 Å². The number of nitrogens with zero attached hydrogens (tertiary/aromatic N) is 1. The first kappa shape index (κ1) is 15.8. The van der Waals surface area contributed by atoms with Crippen LogP contribution in [0.5, 0.6) is 0 Å². The van der Waals surface area contributed by atoms with E-state index in [1.54, 1.807) is 6.92 Å². The van der Waals surface area contributed by atoms with Crippen LogP contribution in [0.25, 0.3) is 0 Å². The van der Waals surface area contributed by atoms with Crippen LogP contribution in [0.1, 0.15) is 18.9 Å². The predicted octanol–water partition coefficient (Wildman–Crippen LogP) is 2.30. The Hall–Kier alpha value is -1.23. The van der Waals surface area contributed by atoms with Gasteiger partial charge in [0.05, 0.1) is 5.75 Å². The van der Waals surface area contributed by atoms with Crippen LogP contribution >= 0.6 is 0 Å². The first-order valence-corrected chi connectivity index (χ1v) is 8.40. The normalized spacial score (nSPS) is 11.4. The molecule has 1 aromatic rings. The number of rotatable bonds is 7. The maximum absolute atomic E-state index is 11.4. The Morgan fingerprint density at radius 2 is 1.95 bits per heavy atom. The highest BCUT2D eigenvalue weighted by molar-refractivity contribution is 7.91. The van der Waals surface area contributed by atoms with Crippen molar-refractivity contribution in [2.24, 2.45) is 0 Å². The Morgan fingerprint density at radius 1 is 1.26 bits per heavy atom. The van der Waals surface area contributed by atoms with E-state index in [-0.39, 0.29) is 11.5 Å². The lowest BCUT2D eigenvalue weighted by Gasteiger charge is -2.17. The quantitative estimate of drug-likeness (QED) is 0.781. The zero-order valence-corrected chi connectivity index (χ0v) is 13.0. The summed E-state index contributed by atoms with van der Waals surface area (Å²) in [6.07, 6.45) is 0.640. The molecule has 0 radical (unpaired) electrons. The van der Waals surface area contributed by atoms with Crippen molar-refractivity contribution in [2.45, 2.75) is 20.3 Å². The van der Waals surface area contributed by atoms with Gasteiger partial charge >= 0.3 is 0 Å². The van der Waals surface area contributed by atoms with Crippen LogP contribution in [0, 0.1) is 6.92 Å². The molecule has 0 aromatic heterocycles. The first-order chi connectivity index (χ1) is 8.85. The van der Waals surface area contributed by atoms with Crippen molar-refractivity contribution in [3.05, 3.63) is 23.8 Å². The number of sulfone groups is 1. The monoisotopic (exact) mass is 284 g/mol. The van der Waals surface area contributed by atoms with E-state index in [9.17, 15) is 8.42 Å². The van der Waals surface area contributed by atoms with E-state index in [2.05, 4.69) is 29.3 Å². The van der Waals surface area contributed by atoms with Gasteiger partial charge in [0.25, 0.3) is 0 Å². The van der Waals surface area contributed by atoms with Crippen molar-refractivity contribution in [1.82, 2.24) is 0 Å². The second-order valence-electron chi connectivity index (χ2n) is 4.91. The third-order valence-corrected chi connectivity index (χ3v) is 4.88. The summed E-state index contributed by atoms with van der Waals surface area (Å²) < 4.78 is 22.7. The minimum atomic E-state index is -2.85. The van der Waals surface area contributed by atoms with Gasteiger partial charge in [0.1, 0.15) is 9.84 Å². The van der Waals surface area contributed by atoms with E-state index in [0.29, 0.717) is 13.0 Å². The summed E-state index contributed by atoms with van der Waals surface area (Å²) in [6.45, 7) is 4.44. The van der Waals surface area contributed by atoms with Crippen molar-refractivity contribution in [2.75, 3.05) is 42.4 Å². The van der Waals surface area contributed by atoms with E-state index in [4.69, 9.17) is 0 Å². The van der Waals surface area contributed by atoms with Gasteiger partial charge in [-0.3, -0.25) is 0 Å². The van der Waals surface area contributed by atoms with Crippen LogP contribution in [0.3, 0.4) is 0 Å². The van der Waals surface area contributed by atoms with Crippen LogP contribution in [0.4, 0.5) is 11.4 Å². The van der Waals surface area contributed by atoms with Gasteiger partial charge < -0.3 is 10.2 Å². The molecule has 108 valence electrons. The van der Waals surface area contributed by atoms with Crippen LogP contribution in [-0.4, -0.2) is 40.6 Å². The summed E-state index contributed by atoms with van der Waals surface area (Å²) in [5, 5.41) is 3.27. The zero-order valence-electron chi connectivity index (χ0n) is 12.2. The molecule has 0 aliphatic heterocycles. The van der Waals surface area contributed by atoms with Crippen LogP contribution in [0.15, 0.2) is 18.2 Å². The zero-order chi connectivity index (χ0) is 14.5. The summed E-state index contributed by atoms with van der Waals surface area (Å²) in [4.78, 5) is 2.07. The fourth-order valence-corrected chi connectivity index (χ4v) is 2.74. The van der Waals surface area contributed by atoms with Crippen molar-refractivity contribution >= 4 is 21.2 Å². The summed E-state index contributed by atoms with van der Waals surface area (Å²) in [5.74, 6) is 0.477. The second-order valence-corrected chi connectivity index (χ2v) is 7.39. The predicted molar refractivity (Wildman–Crippen MR) is 82.9 cm³/mol. The maximum Gasteiger partial charge on any atom is 0.150 e. The van der Waals surface area contributed by atoms with Gasteiger partial charge in [-0.2, -0.15) is 0 Å². The lowest BCUT2D eigenvalue weighted by molar-refractivity contribution is 0.595. The number of benzene rings is 1. The molecule has 1 rings (SSSR count). The van der Waals surface area contributed by atoms with Crippen molar-refractivity contribution in [3.8, 4) is 0 Å². The molecule has 0 saturated heterocycles. The molecule has 0 aliphatic rings. The van der Waals surface area contributed by atoms with Gasteiger partial charge in [-0.1, -0.05) is 13.0 Å². The lowest BCUT2D eigenvalue weighted by Crippen LogP contribution is -2.14. The average Bonchev–Trinajstić information content (AvgIpc) is 2.36. The highest BCUT2D eigenvalue weighted by Crippen LogP contribution is 2.22. The molecule has 4 nitrogen and oxygen atoms in total. The van der Waals surface area contributed by atoms with E-state index in [1.807, 2.05) is 20.2 Å². The number of nitrogens with one attached hydrogen (secondary N) is 1. The average molecular weight is 284 g/mol. The van der Waals surface area contributed by atoms with Gasteiger partial charge in [-0.05, 0) is 31.0 Å². The molecule has 0 spiro atoms. The molecule has 1 N–H and O–H groups in total. The number of hydrogen-bond donors (Lipinski definition) is 1. The van der Waals surface area contributed by atoms with Gasteiger partial charge in [0.2, 0.25) is 0 Å². The van der Waals surface area contributed by atoms with Crippen LogP contribution in [0.2, 0.25) is 0 Å². The lowest BCUT2D eigenvalue weighted by atomic mass is 10.1. The van der Waals surface area contributed by atoms with Gasteiger partial charge in [0.15, 0.2) is 0 Å². The molecular formula is C14H24N2O2S. The third kappa shape index (κ3) is 5.11. The van der Waals surface area contributed by atoms with Crippen molar-refractivity contribution < 1.29 is 8.42 Å². The molecule has 0 saturated carbocycles. The molecule has 0 aliphatic carbocycles. The van der Waals surface area contributed by atoms with Gasteiger partial charge in [-0.25, -0.2) is 8.42 Å². The molecular weight excluding hydrogens is 260 g/mol. The standard InChI is InChI=1S/C14H24N2O2S/c1-5-19(17,18)10-6-9-15-13-8-7-12(2)14(11-13)16(3)4/h7-8,11,15H,5-6,9-10H2,1-4H3. The Labute approximate surface area is 116 Å². The smallest absolute Gasteiger partial charge is 0.150 e. The highest BCUT2D eigenvalue weighted by Gasteiger charge is 2.06. The van der Waals surface area contributed by atoms with Gasteiger partial charge in [-0.15, -0.1) is 0 Å². The molecule has 0 atom stereocenters. The SMILES string of the molecule is CCS(=O)(=O)CCCNc1ccc(C)c(N(C)C)c1. The third-order valence-electron chi connectivity index (χ3n) is 3.09. The Morgan fingerprint density at radius 3 is 2.53 bits per heavy atom. The summed E-state index contributed by atoms with van der Waals surface area (Å²) in [5.41, 5.74) is 3.43. The number of aryl methyl sites for hydroxylation is 1. The minimum Gasteiger partial charge on any atom is -0.385 e. The van der Waals surface area contributed by atoms with E-state index >= 15 is 0 Å². The van der Waals surface area contributed by atoms with Gasteiger partial charge in [0, 0.05) is 37.8 Å². The topological polar surface area (TPSA) is 49.4 Å². The van der Waals surface area contributed by atoms with E-state index in [0.717, 1.165) is 5.69 Å². The Kier molecular flexibility index (Phi) is 5.66. The number of hydrogen-bond acceptors (Lipinski definition) is 4. The number of anilines is 2. The summed E-state index contributed by atoms with van der Waals surface area (Å²) in [6, 6.07) is 6.18. The maximum atomic E-state index is 11.4. The molecule has 0 unspecified atom stereocenters. The summed E-state index contributed by atoms with van der Waals surface area (Å²) >= 11 is 0. The Balaban J connectivity index is 2.53.